The number of benzene rings is 2. The van der Waals surface area contributed by atoms with Gasteiger partial charge in [0, 0.05) is 0 Å². The van der Waals surface area contributed by atoms with Crippen LogP contribution in [-0.4, -0.2) is 40.1 Å². The van der Waals surface area contributed by atoms with E-state index in [0.29, 0.717) is 0 Å². The molecule has 0 amide bonds. The van der Waals surface area contributed by atoms with Crippen molar-refractivity contribution in [1.82, 2.24) is 4.48 Å². The molecule has 0 bridgehead atoms. The zero-order valence-corrected chi connectivity index (χ0v) is 22.0. The molecular formula is C26H40IN2+. The molecule has 1 saturated heterocycles. The van der Waals surface area contributed by atoms with E-state index in [1.165, 1.54) is 61.0 Å². The number of quaternary nitrogens is 1. The van der Waals surface area contributed by atoms with Crippen LogP contribution in [0, 0.1) is 41.5 Å². The maximum atomic E-state index is 2.68. The van der Waals surface area contributed by atoms with Gasteiger partial charge in [-0.15, -0.1) is 0 Å². The van der Waals surface area contributed by atoms with E-state index in [2.05, 4.69) is 82.6 Å². The summed E-state index contributed by atoms with van der Waals surface area (Å²) in [6, 6.07) is 9.50. The van der Waals surface area contributed by atoms with Gasteiger partial charge in [-0.3, -0.25) is 0 Å². The SMILES string of the molecule is CCI(C)CC[N+]1(c2c(C)cc(C)cc2C)CCN(c2c(C)cc(C)cc2C)C1. The normalized spacial score (nSPS) is 19.7. The van der Waals surface area contributed by atoms with E-state index in [9.17, 15) is 0 Å². The van der Waals surface area contributed by atoms with E-state index >= 15 is 0 Å². The van der Waals surface area contributed by atoms with Crippen LogP contribution in [0.2, 0.25) is 0 Å². The molecule has 0 radical (unpaired) electrons. The first kappa shape index (κ1) is 22.6. The number of rotatable bonds is 6. The Kier molecular flexibility index (Phi) is 6.99. The second-order valence-corrected chi connectivity index (χ2v) is 15.9. The maximum absolute atomic E-state index is 2.68. The average molecular weight is 508 g/mol. The molecule has 1 atom stereocenters. The van der Waals surface area contributed by atoms with E-state index < -0.39 is 19.8 Å². The first-order chi connectivity index (χ1) is 13.7. The van der Waals surface area contributed by atoms with Gasteiger partial charge in [-0.2, -0.15) is 0 Å². The molecule has 160 valence electrons. The van der Waals surface area contributed by atoms with Crippen LogP contribution in [0.4, 0.5) is 11.4 Å². The molecule has 1 fully saturated rings. The number of hydrogen-bond donors (Lipinski definition) is 0. The predicted molar refractivity (Wildman–Crippen MR) is 140 cm³/mol. The third-order valence-electron chi connectivity index (χ3n) is 6.59. The van der Waals surface area contributed by atoms with Crippen LogP contribution in [0.15, 0.2) is 24.3 Å². The van der Waals surface area contributed by atoms with Crippen LogP contribution < -0.4 is 9.38 Å². The standard InChI is InChI=1S/C26H40IN2/c1-9-27(8)10-12-29(26-23(6)16-20(3)17-24(26)7)13-11-28(18-29)25-21(4)14-19(2)15-22(25)5/h14-17H,9-13,18H2,1-8H3/q+1. The molecule has 0 N–H and O–H groups in total. The zero-order valence-electron chi connectivity index (χ0n) is 19.8. The Balaban J connectivity index is 2.03. The fourth-order valence-corrected chi connectivity index (χ4v) is 7.98. The Morgan fingerprint density at radius 2 is 1.38 bits per heavy atom. The van der Waals surface area contributed by atoms with E-state index in [1.807, 2.05) is 0 Å². The van der Waals surface area contributed by atoms with Gasteiger partial charge < -0.3 is 0 Å². The molecule has 2 nitrogen and oxygen atoms in total. The first-order valence-corrected chi connectivity index (χ1v) is 16.2. The van der Waals surface area contributed by atoms with Crippen molar-refractivity contribution in [3.8, 4) is 0 Å². The second kappa shape index (κ2) is 8.97. The quantitative estimate of drug-likeness (QED) is 0.246. The number of anilines is 1. The van der Waals surface area contributed by atoms with E-state index in [-0.39, 0.29) is 0 Å². The Labute approximate surface area is 186 Å². The Morgan fingerprint density at radius 1 is 0.862 bits per heavy atom. The molecule has 1 aliphatic rings. The summed E-state index contributed by atoms with van der Waals surface area (Å²) in [5.74, 6) is 0. The molecule has 1 heterocycles. The molecule has 3 rings (SSSR count). The van der Waals surface area contributed by atoms with Crippen molar-refractivity contribution >= 4 is 31.2 Å². The third kappa shape index (κ3) is 4.66. The van der Waals surface area contributed by atoms with Gasteiger partial charge in [0.15, 0.2) is 0 Å². The summed E-state index contributed by atoms with van der Waals surface area (Å²) in [5.41, 5.74) is 11.7. The molecule has 0 aromatic heterocycles. The summed E-state index contributed by atoms with van der Waals surface area (Å²) in [6.07, 6.45) is 0. The van der Waals surface area contributed by atoms with Gasteiger partial charge in [0.2, 0.25) is 0 Å². The van der Waals surface area contributed by atoms with Crippen LogP contribution in [0.5, 0.6) is 0 Å². The van der Waals surface area contributed by atoms with Crippen LogP contribution in [-0.2, 0) is 0 Å². The Morgan fingerprint density at radius 3 is 1.90 bits per heavy atom. The molecule has 3 heteroatoms. The van der Waals surface area contributed by atoms with Gasteiger partial charge in [-0.05, 0) is 0 Å². The second-order valence-electron chi connectivity index (χ2n) is 9.17. The van der Waals surface area contributed by atoms with Gasteiger partial charge in [0.1, 0.15) is 0 Å². The van der Waals surface area contributed by atoms with Crippen LogP contribution in [0.1, 0.15) is 40.3 Å². The summed E-state index contributed by atoms with van der Waals surface area (Å²) in [7, 11) is 0. The minimum atomic E-state index is -0.778. The topological polar surface area (TPSA) is 3.24 Å². The monoisotopic (exact) mass is 507 g/mol. The fourth-order valence-electron chi connectivity index (χ4n) is 5.47. The molecular weight excluding hydrogens is 467 g/mol. The summed E-state index contributed by atoms with van der Waals surface area (Å²) in [6.45, 7) is 20.9. The molecule has 2 aromatic carbocycles. The summed E-state index contributed by atoms with van der Waals surface area (Å²) < 4.78 is 4.02. The van der Waals surface area contributed by atoms with Crippen LogP contribution >= 0.6 is 19.8 Å². The average Bonchev–Trinajstić information content (AvgIpc) is 3.02. The zero-order chi connectivity index (χ0) is 21.3. The summed E-state index contributed by atoms with van der Waals surface area (Å²) in [5, 5.41) is 0. The van der Waals surface area contributed by atoms with Gasteiger partial charge in [-0.1, -0.05) is 0 Å². The molecule has 0 aliphatic carbocycles. The number of hydrogen-bond acceptors (Lipinski definition) is 1. The first-order valence-electron chi connectivity index (χ1n) is 11.0. The van der Waals surface area contributed by atoms with Gasteiger partial charge >= 0.3 is 187 Å². The minimum absolute atomic E-state index is 0.778. The molecule has 1 aliphatic heterocycles. The molecule has 2 aromatic rings. The van der Waals surface area contributed by atoms with Crippen molar-refractivity contribution in [3.05, 3.63) is 57.6 Å². The number of halogens is 1. The fraction of sp³-hybridized carbons (Fsp3) is 0.538. The van der Waals surface area contributed by atoms with Gasteiger partial charge in [-0.25, -0.2) is 0 Å². The molecule has 29 heavy (non-hydrogen) atoms. The van der Waals surface area contributed by atoms with Crippen molar-refractivity contribution in [1.29, 1.82) is 0 Å². The molecule has 0 saturated carbocycles. The number of nitrogens with zero attached hydrogens (tertiary/aromatic N) is 2. The molecule has 0 spiro atoms. The van der Waals surface area contributed by atoms with Crippen LogP contribution in [0.3, 0.4) is 0 Å². The van der Waals surface area contributed by atoms with Crippen molar-refractivity contribution in [3.63, 3.8) is 0 Å². The van der Waals surface area contributed by atoms with Crippen molar-refractivity contribution in [2.75, 3.05) is 45.0 Å². The van der Waals surface area contributed by atoms with Gasteiger partial charge in [0.05, 0.1) is 0 Å². The number of alkyl halides is 3. The van der Waals surface area contributed by atoms with Crippen molar-refractivity contribution in [2.45, 2.75) is 48.5 Å². The van der Waals surface area contributed by atoms with Crippen molar-refractivity contribution in [2.24, 2.45) is 0 Å². The third-order valence-corrected chi connectivity index (χ3v) is 11.5. The van der Waals surface area contributed by atoms with Gasteiger partial charge in [0.25, 0.3) is 0 Å². The van der Waals surface area contributed by atoms with E-state index in [4.69, 9.17) is 0 Å². The Hall–Kier alpha value is -1.07. The number of aryl methyl sites for hydroxylation is 6. The van der Waals surface area contributed by atoms with E-state index in [0.717, 1.165) is 17.7 Å². The van der Waals surface area contributed by atoms with Crippen LogP contribution in [0.25, 0.3) is 0 Å². The Bertz CT molecular complexity index is 842. The predicted octanol–water partition coefficient (Wildman–Crippen LogP) is 6.48. The van der Waals surface area contributed by atoms with E-state index in [1.54, 1.807) is 5.69 Å². The summed E-state index contributed by atoms with van der Waals surface area (Å²) >= 11 is -0.778. The van der Waals surface area contributed by atoms with Crippen molar-refractivity contribution < 1.29 is 0 Å². The molecule has 1 unspecified atom stereocenters. The summed E-state index contributed by atoms with van der Waals surface area (Å²) in [4.78, 5) is 5.25.